The van der Waals surface area contributed by atoms with E-state index >= 15 is 0 Å². The summed E-state index contributed by atoms with van der Waals surface area (Å²) in [5.41, 5.74) is -0.714. The van der Waals surface area contributed by atoms with E-state index in [1.54, 1.807) is 13.2 Å². The molecule has 6 nitrogen and oxygen atoms in total. The summed E-state index contributed by atoms with van der Waals surface area (Å²) >= 11 is 1.29. The van der Waals surface area contributed by atoms with Gasteiger partial charge in [-0.2, -0.15) is 11.8 Å². The van der Waals surface area contributed by atoms with Gasteiger partial charge in [-0.25, -0.2) is 22.3 Å². The molecule has 0 aliphatic rings. The molecular formula is C12H16FNO5S2. The summed E-state index contributed by atoms with van der Waals surface area (Å²) in [7, 11) is -4.00. The molecule has 0 spiro atoms. The predicted molar refractivity (Wildman–Crippen MR) is 77.5 cm³/mol. The zero-order chi connectivity index (χ0) is 16.2. The van der Waals surface area contributed by atoms with E-state index in [0.29, 0.717) is 0 Å². The second kappa shape index (κ2) is 7.21. The molecule has 118 valence electrons. The van der Waals surface area contributed by atoms with Crippen molar-refractivity contribution in [3.63, 3.8) is 0 Å². The molecule has 0 fully saturated rings. The molecule has 0 aliphatic carbocycles. The molecule has 3 N–H and O–H groups in total. The van der Waals surface area contributed by atoms with E-state index in [1.165, 1.54) is 11.8 Å². The van der Waals surface area contributed by atoms with E-state index in [1.807, 2.05) is 0 Å². The Bertz CT molecular complexity index is 616. The Balaban J connectivity index is 3.09. The Kier molecular flexibility index (Phi) is 6.14. The number of benzene rings is 1. The molecule has 0 saturated carbocycles. The van der Waals surface area contributed by atoms with E-state index in [-0.39, 0.29) is 16.8 Å². The average molecular weight is 337 g/mol. The van der Waals surface area contributed by atoms with Crippen LogP contribution in [0.1, 0.15) is 17.3 Å². The molecule has 0 saturated heterocycles. The van der Waals surface area contributed by atoms with Gasteiger partial charge in [0.05, 0.1) is 17.1 Å². The smallest absolute Gasteiger partial charge is 0.338 e. The Morgan fingerprint density at radius 3 is 2.57 bits per heavy atom. The molecule has 2 atom stereocenters. The first kappa shape index (κ1) is 17.9. The van der Waals surface area contributed by atoms with Crippen molar-refractivity contribution in [2.45, 2.75) is 23.1 Å². The molecule has 0 aromatic heterocycles. The van der Waals surface area contributed by atoms with Gasteiger partial charge in [0.25, 0.3) is 0 Å². The van der Waals surface area contributed by atoms with Crippen LogP contribution < -0.4 is 4.72 Å². The number of carbonyl (C=O) groups is 1. The predicted octanol–water partition coefficient (Wildman–Crippen LogP) is 0.915. The highest BCUT2D eigenvalue weighted by atomic mass is 32.2. The van der Waals surface area contributed by atoms with Gasteiger partial charge in [-0.1, -0.05) is 0 Å². The van der Waals surface area contributed by atoms with Crippen molar-refractivity contribution in [3.8, 4) is 0 Å². The van der Waals surface area contributed by atoms with Crippen molar-refractivity contribution in [3.05, 3.63) is 29.6 Å². The van der Waals surface area contributed by atoms with Crippen LogP contribution in [0.4, 0.5) is 4.39 Å². The normalized spacial score (nSPS) is 14.7. The number of aromatic carboxylic acids is 1. The minimum atomic E-state index is -4.00. The van der Waals surface area contributed by atoms with E-state index in [2.05, 4.69) is 4.72 Å². The van der Waals surface area contributed by atoms with E-state index in [4.69, 9.17) is 10.2 Å². The van der Waals surface area contributed by atoms with Gasteiger partial charge in [-0.15, -0.1) is 0 Å². The third-order valence-corrected chi connectivity index (χ3v) is 5.58. The summed E-state index contributed by atoms with van der Waals surface area (Å²) < 4.78 is 39.9. The van der Waals surface area contributed by atoms with Crippen molar-refractivity contribution in [2.24, 2.45) is 0 Å². The number of carboxylic acid groups (broad SMARTS) is 1. The molecule has 0 amide bonds. The summed E-state index contributed by atoms with van der Waals surface area (Å²) in [6, 6.07) is 1.97. The number of sulfonamides is 1. The summed E-state index contributed by atoms with van der Waals surface area (Å²) in [5, 5.41) is 17.6. The maximum atomic E-state index is 13.3. The molecule has 2 unspecified atom stereocenters. The standard InChI is InChI=1S/C12H16FNO5S2/c1-7(11(6-15)20-2)14-21(18,19)8-3-4-10(13)9(5-8)12(16)17/h3-5,7,11,14-15H,6H2,1-2H3,(H,16,17). The monoisotopic (exact) mass is 337 g/mol. The van der Waals surface area contributed by atoms with Crippen molar-refractivity contribution < 1.29 is 27.8 Å². The molecule has 1 aromatic carbocycles. The first-order valence-electron chi connectivity index (χ1n) is 5.91. The number of hydrogen-bond donors (Lipinski definition) is 3. The second-order valence-electron chi connectivity index (χ2n) is 4.31. The lowest BCUT2D eigenvalue weighted by Crippen LogP contribution is -2.41. The quantitative estimate of drug-likeness (QED) is 0.683. The molecular weight excluding hydrogens is 321 g/mol. The molecule has 0 aliphatic heterocycles. The highest BCUT2D eigenvalue weighted by molar-refractivity contribution is 7.99. The summed E-state index contributed by atoms with van der Waals surface area (Å²) in [6.45, 7) is 1.37. The number of halogens is 1. The number of thioether (sulfide) groups is 1. The van der Waals surface area contributed by atoms with Crippen LogP contribution in [-0.2, 0) is 10.0 Å². The molecule has 1 aromatic rings. The van der Waals surface area contributed by atoms with Crippen LogP contribution in [0.2, 0.25) is 0 Å². The van der Waals surface area contributed by atoms with Gasteiger partial charge >= 0.3 is 5.97 Å². The number of aliphatic hydroxyl groups is 1. The number of aliphatic hydroxyl groups excluding tert-OH is 1. The third kappa shape index (κ3) is 4.40. The summed E-state index contributed by atoms with van der Waals surface area (Å²) in [6.07, 6.45) is 1.73. The minimum absolute atomic E-state index is 0.214. The van der Waals surface area contributed by atoms with Crippen molar-refractivity contribution in [1.29, 1.82) is 0 Å². The van der Waals surface area contributed by atoms with Gasteiger partial charge in [-0.3, -0.25) is 0 Å². The first-order valence-corrected chi connectivity index (χ1v) is 8.69. The minimum Gasteiger partial charge on any atom is -0.478 e. The van der Waals surface area contributed by atoms with Crippen LogP contribution >= 0.6 is 11.8 Å². The second-order valence-corrected chi connectivity index (χ2v) is 7.10. The molecule has 1 rings (SSSR count). The third-order valence-electron chi connectivity index (χ3n) is 2.86. The molecule has 0 heterocycles. The highest BCUT2D eigenvalue weighted by Gasteiger charge is 2.24. The van der Waals surface area contributed by atoms with Crippen LogP contribution in [0.25, 0.3) is 0 Å². The van der Waals surface area contributed by atoms with Crippen molar-refractivity contribution in [1.82, 2.24) is 4.72 Å². The van der Waals surface area contributed by atoms with E-state index < -0.39 is 33.4 Å². The van der Waals surface area contributed by atoms with Crippen LogP contribution in [-0.4, -0.2) is 48.8 Å². The zero-order valence-electron chi connectivity index (χ0n) is 11.4. The summed E-state index contributed by atoms with van der Waals surface area (Å²) in [5.74, 6) is -2.55. The maximum Gasteiger partial charge on any atom is 0.338 e. The highest BCUT2D eigenvalue weighted by Crippen LogP contribution is 2.17. The molecule has 21 heavy (non-hydrogen) atoms. The maximum absolute atomic E-state index is 13.3. The molecule has 0 radical (unpaired) electrons. The largest absolute Gasteiger partial charge is 0.478 e. The number of rotatable bonds is 7. The zero-order valence-corrected chi connectivity index (χ0v) is 13.0. The van der Waals surface area contributed by atoms with Gasteiger partial charge in [-0.05, 0) is 31.4 Å². The lowest BCUT2D eigenvalue weighted by Gasteiger charge is -2.21. The molecule has 0 bridgehead atoms. The fourth-order valence-electron chi connectivity index (χ4n) is 1.66. The van der Waals surface area contributed by atoms with E-state index in [0.717, 1.165) is 18.2 Å². The van der Waals surface area contributed by atoms with Crippen molar-refractivity contribution >= 4 is 27.8 Å². The Labute approximate surface area is 126 Å². The Morgan fingerprint density at radius 2 is 2.10 bits per heavy atom. The molecule has 9 heteroatoms. The average Bonchev–Trinajstić information content (AvgIpc) is 2.39. The van der Waals surface area contributed by atoms with Crippen molar-refractivity contribution in [2.75, 3.05) is 12.9 Å². The first-order chi connectivity index (χ1) is 9.72. The van der Waals surface area contributed by atoms with E-state index in [9.17, 15) is 17.6 Å². The van der Waals surface area contributed by atoms with Crippen LogP contribution in [0.5, 0.6) is 0 Å². The Hall–Kier alpha value is -1.16. The van der Waals surface area contributed by atoms with Crippen LogP contribution in [0.15, 0.2) is 23.1 Å². The fourth-order valence-corrected chi connectivity index (χ4v) is 3.68. The fraction of sp³-hybridized carbons (Fsp3) is 0.417. The van der Waals surface area contributed by atoms with Gasteiger partial charge in [0, 0.05) is 11.3 Å². The summed E-state index contributed by atoms with van der Waals surface area (Å²) in [4.78, 5) is 10.5. The lowest BCUT2D eigenvalue weighted by atomic mass is 10.2. The van der Waals surface area contributed by atoms with Crippen LogP contribution in [0.3, 0.4) is 0 Å². The lowest BCUT2D eigenvalue weighted by molar-refractivity contribution is 0.0691. The number of nitrogens with one attached hydrogen (secondary N) is 1. The van der Waals surface area contributed by atoms with Gasteiger partial charge < -0.3 is 10.2 Å². The van der Waals surface area contributed by atoms with Gasteiger partial charge in [0.2, 0.25) is 10.0 Å². The van der Waals surface area contributed by atoms with Crippen LogP contribution in [0, 0.1) is 5.82 Å². The SMILES string of the molecule is CSC(CO)C(C)NS(=O)(=O)c1ccc(F)c(C(=O)O)c1. The topological polar surface area (TPSA) is 104 Å². The van der Waals surface area contributed by atoms with Gasteiger partial charge in [0.15, 0.2) is 0 Å². The number of hydrogen-bond acceptors (Lipinski definition) is 5. The van der Waals surface area contributed by atoms with Gasteiger partial charge in [0.1, 0.15) is 5.82 Å². The Morgan fingerprint density at radius 1 is 1.48 bits per heavy atom. The number of carboxylic acids is 1.